The summed E-state index contributed by atoms with van der Waals surface area (Å²) in [6.45, 7) is 1.04. The Morgan fingerprint density at radius 3 is 2.62 bits per heavy atom. The topological polar surface area (TPSA) is 29.0 Å². The molecule has 1 saturated heterocycles. The quantitative estimate of drug-likeness (QED) is 0.789. The largest absolute Gasteiger partial charge is 0.349 e. The predicted octanol–water partition coefficient (Wildman–Crippen LogP) is 4.35. The van der Waals surface area contributed by atoms with Crippen LogP contribution in [0.4, 0.5) is 5.82 Å². The van der Waals surface area contributed by atoms with Crippen LogP contribution in [0.1, 0.15) is 49.0 Å². The van der Waals surface area contributed by atoms with Gasteiger partial charge in [-0.05, 0) is 31.2 Å². The molecule has 0 N–H and O–H groups in total. The molecule has 0 radical (unpaired) electrons. The minimum atomic E-state index is 0.407. The summed E-state index contributed by atoms with van der Waals surface area (Å²) in [5.74, 6) is 2.44. The Hall–Kier alpha value is -1.61. The van der Waals surface area contributed by atoms with Crippen LogP contribution in [0.25, 0.3) is 0 Å². The van der Waals surface area contributed by atoms with E-state index in [9.17, 15) is 0 Å². The Kier molecular flexibility index (Phi) is 3.30. The Morgan fingerprint density at radius 2 is 1.86 bits per heavy atom. The van der Waals surface area contributed by atoms with Gasteiger partial charge in [-0.3, -0.25) is 0 Å². The number of halogens is 1. The van der Waals surface area contributed by atoms with Crippen molar-refractivity contribution in [2.24, 2.45) is 0 Å². The van der Waals surface area contributed by atoms with E-state index >= 15 is 0 Å². The molecule has 0 bridgehead atoms. The lowest BCUT2D eigenvalue weighted by Crippen LogP contribution is -2.24. The van der Waals surface area contributed by atoms with E-state index in [-0.39, 0.29) is 0 Å². The van der Waals surface area contributed by atoms with E-state index in [4.69, 9.17) is 16.6 Å². The van der Waals surface area contributed by atoms with Gasteiger partial charge in [0.05, 0.1) is 6.04 Å². The highest BCUT2D eigenvalue weighted by atomic mass is 35.5. The zero-order valence-electron chi connectivity index (χ0n) is 11.9. The average molecular weight is 300 g/mol. The van der Waals surface area contributed by atoms with Crippen molar-refractivity contribution >= 4 is 17.4 Å². The molecule has 2 aliphatic rings. The number of hydrogen-bond donors (Lipinski definition) is 0. The molecule has 2 heterocycles. The summed E-state index contributed by atoms with van der Waals surface area (Å²) in [6.07, 6.45) is 4.76. The second-order valence-electron chi connectivity index (χ2n) is 5.94. The number of hydrogen-bond acceptors (Lipinski definition) is 3. The van der Waals surface area contributed by atoms with E-state index in [1.165, 1.54) is 31.2 Å². The number of nitrogens with zero attached hydrogens (tertiary/aromatic N) is 3. The molecule has 4 heteroatoms. The zero-order valence-corrected chi connectivity index (χ0v) is 12.6. The van der Waals surface area contributed by atoms with Crippen LogP contribution < -0.4 is 4.90 Å². The first-order chi connectivity index (χ1) is 10.3. The molecular weight excluding hydrogens is 282 g/mol. The molecule has 0 spiro atoms. The fourth-order valence-corrected chi connectivity index (χ4v) is 3.34. The third kappa shape index (κ3) is 2.62. The van der Waals surface area contributed by atoms with Gasteiger partial charge >= 0.3 is 0 Å². The van der Waals surface area contributed by atoms with Crippen molar-refractivity contribution in [1.29, 1.82) is 0 Å². The lowest BCUT2D eigenvalue weighted by atomic mass is 10.0. The molecule has 1 unspecified atom stereocenters. The van der Waals surface area contributed by atoms with Crippen LogP contribution in [-0.4, -0.2) is 16.5 Å². The normalized spacial score (nSPS) is 21.8. The monoisotopic (exact) mass is 299 g/mol. The summed E-state index contributed by atoms with van der Waals surface area (Å²) in [4.78, 5) is 11.6. The summed E-state index contributed by atoms with van der Waals surface area (Å²) in [5, 5.41) is 0.570. The highest BCUT2D eigenvalue weighted by Gasteiger charge is 2.31. The van der Waals surface area contributed by atoms with Crippen LogP contribution in [0.3, 0.4) is 0 Å². The molecule has 2 aromatic rings. The van der Waals surface area contributed by atoms with Crippen molar-refractivity contribution in [3.63, 3.8) is 0 Å². The van der Waals surface area contributed by atoms with Crippen molar-refractivity contribution in [3.8, 4) is 0 Å². The minimum absolute atomic E-state index is 0.407. The summed E-state index contributed by atoms with van der Waals surface area (Å²) >= 11 is 6.22. The zero-order chi connectivity index (χ0) is 14.2. The van der Waals surface area contributed by atoms with E-state index in [1.807, 2.05) is 6.07 Å². The third-order valence-electron chi connectivity index (χ3n) is 4.37. The Bertz CT molecular complexity index is 640. The van der Waals surface area contributed by atoms with Gasteiger partial charge in [-0.2, -0.15) is 0 Å². The van der Waals surface area contributed by atoms with Crippen LogP contribution in [-0.2, 0) is 0 Å². The first-order valence-electron chi connectivity index (χ1n) is 7.67. The fraction of sp³-hybridized carbons (Fsp3) is 0.412. The van der Waals surface area contributed by atoms with Gasteiger partial charge in [0.2, 0.25) is 0 Å². The van der Waals surface area contributed by atoms with Crippen LogP contribution in [0.15, 0.2) is 36.4 Å². The highest BCUT2D eigenvalue weighted by molar-refractivity contribution is 6.29. The van der Waals surface area contributed by atoms with Crippen molar-refractivity contribution in [2.75, 3.05) is 11.4 Å². The SMILES string of the molecule is Clc1cc(N2CCCC2c2ccccc2)nc(C2CC2)n1. The molecule has 3 nitrogen and oxygen atoms in total. The Balaban J connectivity index is 1.68. The maximum Gasteiger partial charge on any atom is 0.135 e. The van der Waals surface area contributed by atoms with Gasteiger partial charge in [0.1, 0.15) is 16.8 Å². The lowest BCUT2D eigenvalue weighted by molar-refractivity contribution is 0.707. The molecule has 1 aromatic heterocycles. The smallest absolute Gasteiger partial charge is 0.135 e. The van der Waals surface area contributed by atoms with Crippen molar-refractivity contribution < 1.29 is 0 Å². The Labute approximate surface area is 130 Å². The minimum Gasteiger partial charge on any atom is -0.349 e. The molecule has 1 aromatic carbocycles. The molecule has 0 amide bonds. The van der Waals surface area contributed by atoms with Crippen LogP contribution in [0, 0.1) is 0 Å². The molecule has 1 aliphatic carbocycles. The van der Waals surface area contributed by atoms with Crippen LogP contribution >= 0.6 is 11.6 Å². The maximum atomic E-state index is 6.22. The first-order valence-corrected chi connectivity index (χ1v) is 8.05. The maximum absolute atomic E-state index is 6.22. The van der Waals surface area contributed by atoms with Crippen LogP contribution in [0.5, 0.6) is 0 Å². The van der Waals surface area contributed by atoms with Gasteiger partial charge in [-0.1, -0.05) is 41.9 Å². The van der Waals surface area contributed by atoms with Gasteiger partial charge in [0, 0.05) is 18.5 Å². The van der Waals surface area contributed by atoms with Crippen LogP contribution in [0.2, 0.25) is 5.15 Å². The number of rotatable bonds is 3. The predicted molar refractivity (Wildman–Crippen MR) is 84.8 cm³/mol. The third-order valence-corrected chi connectivity index (χ3v) is 4.57. The second-order valence-corrected chi connectivity index (χ2v) is 6.33. The Morgan fingerprint density at radius 1 is 1.05 bits per heavy atom. The van der Waals surface area contributed by atoms with Gasteiger partial charge in [-0.25, -0.2) is 9.97 Å². The molecule has 108 valence electrons. The summed E-state index contributed by atoms with van der Waals surface area (Å²) in [5.41, 5.74) is 1.36. The molecule has 1 aliphatic heterocycles. The van der Waals surface area contributed by atoms with Gasteiger partial charge in [0.15, 0.2) is 0 Å². The summed E-state index contributed by atoms with van der Waals surface area (Å²) in [6, 6.07) is 13.0. The van der Waals surface area contributed by atoms with Crippen molar-refractivity contribution in [1.82, 2.24) is 9.97 Å². The van der Waals surface area contributed by atoms with Crippen molar-refractivity contribution in [3.05, 3.63) is 52.9 Å². The van der Waals surface area contributed by atoms with E-state index in [0.29, 0.717) is 17.1 Å². The molecule has 2 fully saturated rings. The average Bonchev–Trinajstić information content (AvgIpc) is 3.24. The number of aromatic nitrogens is 2. The van der Waals surface area contributed by atoms with Crippen molar-refractivity contribution in [2.45, 2.75) is 37.6 Å². The first kappa shape index (κ1) is 13.1. The second kappa shape index (κ2) is 5.30. The van der Waals surface area contributed by atoms with E-state index in [2.05, 4.69) is 40.2 Å². The highest BCUT2D eigenvalue weighted by Crippen LogP contribution is 2.41. The molecule has 21 heavy (non-hydrogen) atoms. The summed E-state index contributed by atoms with van der Waals surface area (Å²) < 4.78 is 0. The fourth-order valence-electron chi connectivity index (χ4n) is 3.16. The molecule has 1 saturated carbocycles. The van der Waals surface area contributed by atoms with Gasteiger partial charge in [0.25, 0.3) is 0 Å². The van der Waals surface area contributed by atoms with Gasteiger partial charge in [-0.15, -0.1) is 0 Å². The number of anilines is 1. The van der Waals surface area contributed by atoms with E-state index < -0.39 is 0 Å². The molecule has 1 atom stereocenters. The lowest BCUT2D eigenvalue weighted by Gasteiger charge is -2.26. The summed E-state index contributed by atoms with van der Waals surface area (Å²) in [7, 11) is 0. The standard InChI is InChI=1S/C17H18ClN3/c18-15-11-16(20-17(19-15)13-8-9-13)21-10-4-7-14(21)12-5-2-1-3-6-12/h1-3,5-6,11,13-14H,4,7-10H2. The molecular formula is C17H18ClN3. The van der Waals surface area contributed by atoms with E-state index in [1.54, 1.807) is 0 Å². The van der Waals surface area contributed by atoms with E-state index in [0.717, 1.165) is 18.2 Å². The van der Waals surface area contributed by atoms with Gasteiger partial charge < -0.3 is 4.90 Å². The molecule has 4 rings (SSSR count). The number of benzene rings is 1.